The van der Waals surface area contributed by atoms with Gasteiger partial charge in [-0.1, -0.05) is 6.92 Å². The molecule has 2 rings (SSSR count). The first-order valence-electron chi connectivity index (χ1n) is 5.85. The van der Waals surface area contributed by atoms with E-state index in [9.17, 15) is 0 Å². The van der Waals surface area contributed by atoms with E-state index in [1.807, 2.05) is 12.1 Å². The van der Waals surface area contributed by atoms with Crippen LogP contribution in [0.1, 0.15) is 37.7 Å². The molecular formula is C12H20N2O. The van der Waals surface area contributed by atoms with Gasteiger partial charge < -0.3 is 10.2 Å². The normalized spacial score (nSPS) is 16.2. The molecule has 1 aromatic heterocycles. The lowest BCUT2D eigenvalue weighted by molar-refractivity contribution is 0.232. The van der Waals surface area contributed by atoms with Gasteiger partial charge in [0.05, 0.1) is 13.1 Å². The summed E-state index contributed by atoms with van der Waals surface area (Å²) in [5, 5.41) is 0. The third-order valence-corrected chi connectivity index (χ3v) is 2.85. The number of furan rings is 1. The summed E-state index contributed by atoms with van der Waals surface area (Å²) >= 11 is 0. The Balaban J connectivity index is 1.92. The molecule has 0 atom stereocenters. The fourth-order valence-corrected chi connectivity index (χ4v) is 1.93. The summed E-state index contributed by atoms with van der Waals surface area (Å²) in [5.74, 6) is 1.94. The lowest BCUT2D eigenvalue weighted by Gasteiger charge is -2.19. The van der Waals surface area contributed by atoms with Gasteiger partial charge in [-0.2, -0.15) is 0 Å². The molecule has 15 heavy (non-hydrogen) atoms. The number of rotatable bonds is 6. The fourth-order valence-electron chi connectivity index (χ4n) is 1.93. The minimum atomic E-state index is 0.497. The molecule has 1 aromatic rings. The van der Waals surface area contributed by atoms with E-state index in [0.29, 0.717) is 6.54 Å². The van der Waals surface area contributed by atoms with Crippen LogP contribution < -0.4 is 5.73 Å². The van der Waals surface area contributed by atoms with E-state index < -0.39 is 0 Å². The molecule has 0 radical (unpaired) electrons. The Morgan fingerprint density at radius 1 is 1.40 bits per heavy atom. The maximum Gasteiger partial charge on any atom is 0.118 e. The minimum absolute atomic E-state index is 0.497. The molecule has 0 amide bonds. The van der Waals surface area contributed by atoms with Crippen molar-refractivity contribution >= 4 is 0 Å². The smallest absolute Gasteiger partial charge is 0.118 e. The van der Waals surface area contributed by atoms with Crippen molar-refractivity contribution in [3.8, 4) is 0 Å². The molecule has 1 aliphatic carbocycles. The second kappa shape index (κ2) is 4.81. The highest BCUT2D eigenvalue weighted by atomic mass is 16.3. The zero-order valence-electron chi connectivity index (χ0n) is 9.41. The highest BCUT2D eigenvalue weighted by molar-refractivity contribution is 5.07. The van der Waals surface area contributed by atoms with Crippen LogP contribution in [-0.2, 0) is 13.1 Å². The Labute approximate surface area is 91.2 Å². The predicted molar refractivity (Wildman–Crippen MR) is 60.3 cm³/mol. The molecule has 1 saturated carbocycles. The van der Waals surface area contributed by atoms with Gasteiger partial charge in [-0.3, -0.25) is 4.90 Å². The average molecular weight is 208 g/mol. The minimum Gasteiger partial charge on any atom is -0.463 e. The van der Waals surface area contributed by atoms with E-state index in [2.05, 4.69) is 11.8 Å². The first-order valence-corrected chi connectivity index (χ1v) is 5.85. The lowest BCUT2D eigenvalue weighted by atomic mass is 10.3. The van der Waals surface area contributed by atoms with Gasteiger partial charge in [0, 0.05) is 6.04 Å². The molecule has 0 unspecified atom stereocenters. The lowest BCUT2D eigenvalue weighted by Crippen LogP contribution is -2.26. The van der Waals surface area contributed by atoms with Crippen LogP contribution in [-0.4, -0.2) is 17.5 Å². The van der Waals surface area contributed by atoms with Crippen molar-refractivity contribution < 1.29 is 4.42 Å². The molecule has 84 valence electrons. The molecule has 0 spiro atoms. The van der Waals surface area contributed by atoms with Crippen molar-refractivity contribution in [1.82, 2.24) is 4.90 Å². The van der Waals surface area contributed by atoms with Crippen LogP contribution in [0.5, 0.6) is 0 Å². The molecule has 2 N–H and O–H groups in total. The maximum absolute atomic E-state index is 5.62. The molecule has 1 aliphatic rings. The second-order valence-electron chi connectivity index (χ2n) is 4.27. The highest BCUT2D eigenvalue weighted by Gasteiger charge is 2.28. The van der Waals surface area contributed by atoms with E-state index in [1.165, 1.54) is 25.8 Å². The van der Waals surface area contributed by atoms with Gasteiger partial charge >= 0.3 is 0 Å². The Morgan fingerprint density at radius 3 is 2.67 bits per heavy atom. The third kappa shape index (κ3) is 2.83. The monoisotopic (exact) mass is 208 g/mol. The molecule has 1 fully saturated rings. The highest BCUT2D eigenvalue weighted by Crippen LogP contribution is 2.28. The van der Waals surface area contributed by atoms with Gasteiger partial charge in [0.25, 0.3) is 0 Å². The number of nitrogens with zero attached hydrogens (tertiary/aromatic N) is 1. The van der Waals surface area contributed by atoms with Crippen LogP contribution in [0.25, 0.3) is 0 Å². The van der Waals surface area contributed by atoms with Crippen molar-refractivity contribution in [2.45, 2.75) is 45.3 Å². The summed E-state index contributed by atoms with van der Waals surface area (Å²) in [6, 6.07) is 4.83. The molecule has 0 aliphatic heterocycles. The van der Waals surface area contributed by atoms with E-state index >= 15 is 0 Å². The van der Waals surface area contributed by atoms with E-state index in [0.717, 1.165) is 24.1 Å². The van der Waals surface area contributed by atoms with Crippen molar-refractivity contribution in [2.75, 3.05) is 6.54 Å². The van der Waals surface area contributed by atoms with E-state index in [-0.39, 0.29) is 0 Å². The topological polar surface area (TPSA) is 42.4 Å². The van der Waals surface area contributed by atoms with Gasteiger partial charge in [-0.25, -0.2) is 0 Å². The van der Waals surface area contributed by atoms with Gasteiger partial charge in [0.2, 0.25) is 0 Å². The maximum atomic E-state index is 5.62. The molecule has 3 nitrogen and oxygen atoms in total. The summed E-state index contributed by atoms with van der Waals surface area (Å²) in [7, 11) is 0. The SMILES string of the molecule is CCCN(Cc1ccc(CN)o1)C1CC1. The van der Waals surface area contributed by atoms with Gasteiger partial charge in [-0.05, 0) is 37.9 Å². The number of nitrogens with two attached hydrogens (primary N) is 1. The molecular weight excluding hydrogens is 188 g/mol. The van der Waals surface area contributed by atoms with Gasteiger partial charge in [0.1, 0.15) is 11.5 Å². The van der Waals surface area contributed by atoms with Crippen LogP contribution in [0, 0.1) is 0 Å². The Morgan fingerprint density at radius 2 is 2.13 bits per heavy atom. The summed E-state index contributed by atoms with van der Waals surface area (Å²) in [4.78, 5) is 2.51. The second-order valence-corrected chi connectivity index (χ2v) is 4.27. The standard InChI is InChI=1S/C12H20N2O/c1-2-7-14(10-3-4-10)9-12-6-5-11(8-13)15-12/h5-6,10H,2-4,7-9,13H2,1H3. The molecule has 1 heterocycles. The Bertz CT molecular complexity index is 304. The Hall–Kier alpha value is -0.800. The zero-order valence-corrected chi connectivity index (χ0v) is 9.41. The first kappa shape index (κ1) is 10.7. The molecule has 3 heteroatoms. The van der Waals surface area contributed by atoms with Crippen molar-refractivity contribution in [1.29, 1.82) is 0 Å². The molecule has 0 bridgehead atoms. The van der Waals surface area contributed by atoms with Crippen LogP contribution >= 0.6 is 0 Å². The summed E-state index contributed by atoms with van der Waals surface area (Å²) in [6.07, 6.45) is 3.91. The summed E-state index contributed by atoms with van der Waals surface area (Å²) in [6.45, 7) is 4.84. The van der Waals surface area contributed by atoms with Crippen molar-refractivity contribution in [3.05, 3.63) is 23.7 Å². The number of hydrogen-bond donors (Lipinski definition) is 1. The Kier molecular flexibility index (Phi) is 3.44. The van der Waals surface area contributed by atoms with Crippen molar-refractivity contribution in [3.63, 3.8) is 0 Å². The first-order chi connectivity index (χ1) is 7.33. The van der Waals surface area contributed by atoms with Crippen LogP contribution in [0.4, 0.5) is 0 Å². The van der Waals surface area contributed by atoms with Gasteiger partial charge in [-0.15, -0.1) is 0 Å². The third-order valence-electron chi connectivity index (χ3n) is 2.85. The largest absolute Gasteiger partial charge is 0.463 e. The van der Waals surface area contributed by atoms with Crippen LogP contribution in [0.2, 0.25) is 0 Å². The van der Waals surface area contributed by atoms with Crippen molar-refractivity contribution in [2.24, 2.45) is 5.73 Å². The van der Waals surface area contributed by atoms with E-state index in [1.54, 1.807) is 0 Å². The molecule has 0 aromatic carbocycles. The van der Waals surface area contributed by atoms with E-state index in [4.69, 9.17) is 10.2 Å². The van der Waals surface area contributed by atoms with Crippen LogP contribution in [0.15, 0.2) is 16.5 Å². The summed E-state index contributed by atoms with van der Waals surface area (Å²) in [5.41, 5.74) is 5.52. The predicted octanol–water partition coefficient (Wildman–Crippen LogP) is 2.11. The summed E-state index contributed by atoms with van der Waals surface area (Å²) < 4.78 is 5.62. The fraction of sp³-hybridized carbons (Fsp3) is 0.667. The van der Waals surface area contributed by atoms with Crippen LogP contribution in [0.3, 0.4) is 0 Å². The quantitative estimate of drug-likeness (QED) is 0.778. The molecule has 0 saturated heterocycles. The van der Waals surface area contributed by atoms with Gasteiger partial charge in [0.15, 0.2) is 0 Å². The zero-order chi connectivity index (χ0) is 10.7. The number of hydrogen-bond acceptors (Lipinski definition) is 3. The average Bonchev–Trinajstić information content (AvgIpc) is 2.99.